The third-order valence-corrected chi connectivity index (χ3v) is 9.69. The topological polar surface area (TPSA) is 216 Å². The second kappa shape index (κ2) is 40.5. The van der Waals surface area contributed by atoms with Crippen molar-refractivity contribution in [2.75, 3.05) is 26.4 Å². The molecule has 0 bridgehead atoms. The lowest BCUT2D eigenvalue weighted by molar-refractivity contribution is -0.161. The van der Waals surface area contributed by atoms with Crippen LogP contribution in [0.4, 0.5) is 0 Å². The molecule has 4 atom stereocenters. The van der Waals surface area contributed by atoms with Crippen LogP contribution >= 0.6 is 15.6 Å². The number of phosphoric acid groups is 2. The van der Waals surface area contributed by atoms with Crippen LogP contribution in [0.5, 0.6) is 0 Å². The third kappa shape index (κ3) is 43.4. The smallest absolute Gasteiger partial charge is 0.462 e. The lowest BCUT2D eigenvalue weighted by Gasteiger charge is -2.20. The average Bonchev–Trinajstić information content (AvgIpc) is 3.22. The number of unbranched alkanes of at least 4 members (excludes halogenated alkanes) is 4. The van der Waals surface area contributed by atoms with Crippen LogP contribution < -0.4 is 0 Å². The predicted octanol–water partition coefficient (Wildman–Crippen LogP) is 10.1. The lowest BCUT2D eigenvalue weighted by atomic mass is 10.1. The molecule has 0 aromatic rings. The summed E-state index contributed by atoms with van der Waals surface area (Å²) in [6.45, 7) is 1.25. The van der Waals surface area contributed by atoms with Gasteiger partial charge < -0.3 is 34.4 Å². The van der Waals surface area contributed by atoms with Gasteiger partial charge in [0.05, 0.1) is 25.9 Å². The first kappa shape index (κ1) is 58.7. The molecule has 62 heavy (non-hydrogen) atoms. The molecule has 0 fully saturated rings. The number of hydrogen-bond acceptors (Lipinski definition) is 11. The summed E-state index contributed by atoms with van der Waals surface area (Å²) in [7, 11) is -9.77. The quantitative estimate of drug-likeness (QED) is 0.0128. The first-order valence-corrected chi connectivity index (χ1v) is 24.7. The van der Waals surface area contributed by atoms with E-state index >= 15 is 0 Å². The summed E-state index contributed by atoms with van der Waals surface area (Å²) in [6.07, 6.45) is 45.4. The lowest BCUT2D eigenvalue weighted by Crippen LogP contribution is -2.30. The molecule has 0 aliphatic rings. The van der Waals surface area contributed by atoms with Crippen molar-refractivity contribution >= 4 is 27.6 Å². The zero-order valence-corrected chi connectivity index (χ0v) is 38.6. The molecule has 0 aromatic carbocycles. The standard InChI is InChI=1S/C46H74O14P2/c1-3-5-7-9-11-13-15-17-18-19-20-22-24-26-28-30-32-36-45(49)56-40-44(41-59-62(54,55)58-39-43(48)38-57-61(51,52)53)60-46(50)37-33-35-42(47)34-31-29-27-25-23-21-16-14-12-10-8-6-4-2/h5-8,11-14,17-18,20-23,27,29,31,34,42-44,47-48H,3-4,9-10,15-16,19,24-26,28,30,32-33,35-41H2,1-2H3,(H,54,55)(H2,51,52,53)/b7-5-,8-6-,13-11-,14-12-,18-17-,22-20-,23-21-,29-27-,34-31+/t42?,43-,44+/m0/s1. The van der Waals surface area contributed by atoms with E-state index in [0.29, 0.717) is 6.42 Å². The first-order valence-electron chi connectivity index (χ1n) is 21.7. The maximum absolute atomic E-state index is 12.7. The van der Waals surface area contributed by atoms with Crippen molar-refractivity contribution in [3.63, 3.8) is 0 Å². The van der Waals surface area contributed by atoms with Crippen LogP contribution in [0, 0.1) is 0 Å². The second-order valence-corrected chi connectivity index (χ2v) is 16.7. The van der Waals surface area contributed by atoms with Crippen molar-refractivity contribution in [3.05, 3.63) is 109 Å². The van der Waals surface area contributed by atoms with Crippen LogP contribution in [0.2, 0.25) is 0 Å². The highest BCUT2D eigenvalue weighted by molar-refractivity contribution is 7.47. The number of hydrogen-bond donors (Lipinski definition) is 5. The summed E-state index contributed by atoms with van der Waals surface area (Å²) in [5.41, 5.74) is 0. The first-order chi connectivity index (χ1) is 29.8. The summed E-state index contributed by atoms with van der Waals surface area (Å²) in [5, 5.41) is 20.0. The van der Waals surface area contributed by atoms with Gasteiger partial charge in [-0.1, -0.05) is 136 Å². The highest BCUT2D eigenvalue weighted by Gasteiger charge is 2.28. The summed E-state index contributed by atoms with van der Waals surface area (Å²) < 4.78 is 47.6. The molecule has 0 rings (SSSR count). The minimum Gasteiger partial charge on any atom is -0.462 e. The van der Waals surface area contributed by atoms with Crippen molar-refractivity contribution in [2.45, 2.75) is 141 Å². The van der Waals surface area contributed by atoms with Gasteiger partial charge in [-0.25, -0.2) is 9.13 Å². The zero-order valence-electron chi connectivity index (χ0n) is 36.8. The molecule has 0 saturated carbocycles. The summed E-state index contributed by atoms with van der Waals surface area (Å²) >= 11 is 0. The summed E-state index contributed by atoms with van der Waals surface area (Å²) in [4.78, 5) is 52.7. The SMILES string of the molecule is CC/C=C\C/C=C\C/C=C\C/C=C\C=C\C(O)CCCC(=O)O[C@H](COC(=O)CCCCCC/C=C\C/C=C\C/C=C\C/C=C\CC)COP(=O)(O)OC[C@@H](O)COP(=O)(O)O. The molecule has 16 heteroatoms. The van der Waals surface area contributed by atoms with E-state index in [1.807, 2.05) is 12.2 Å². The normalized spacial score (nSPS) is 15.5. The Morgan fingerprint density at radius 3 is 1.58 bits per heavy atom. The Morgan fingerprint density at radius 2 is 1.02 bits per heavy atom. The zero-order chi connectivity index (χ0) is 46.0. The van der Waals surface area contributed by atoms with Crippen molar-refractivity contribution < 1.29 is 66.7 Å². The van der Waals surface area contributed by atoms with Crippen LogP contribution in [0.15, 0.2) is 109 Å². The number of ether oxygens (including phenoxy) is 2. The number of rotatable bonds is 39. The average molecular weight is 913 g/mol. The van der Waals surface area contributed by atoms with Gasteiger partial charge >= 0.3 is 27.6 Å². The molecule has 352 valence electrons. The van der Waals surface area contributed by atoms with E-state index in [1.54, 1.807) is 12.2 Å². The van der Waals surface area contributed by atoms with Gasteiger partial charge in [-0.15, -0.1) is 0 Å². The Morgan fingerprint density at radius 1 is 0.532 bits per heavy atom. The molecule has 0 spiro atoms. The number of phosphoric ester groups is 2. The fourth-order valence-corrected chi connectivity index (χ4v) is 6.17. The molecular weight excluding hydrogens is 838 g/mol. The maximum Gasteiger partial charge on any atom is 0.472 e. The minimum absolute atomic E-state index is 0.112. The highest BCUT2D eigenvalue weighted by atomic mass is 31.2. The Balaban J connectivity index is 4.78. The van der Waals surface area contributed by atoms with Gasteiger partial charge in [0, 0.05) is 12.8 Å². The fraction of sp³-hybridized carbons (Fsp3) is 0.565. The molecule has 0 amide bonds. The van der Waals surface area contributed by atoms with Gasteiger partial charge in [-0.3, -0.25) is 23.2 Å². The second-order valence-electron chi connectivity index (χ2n) is 14.1. The molecule has 5 N–H and O–H groups in total. The van der Waals surface area contributed by atoms with Crippen molar-refractivity contribution in [2.24, 2.45) is 0 Å². The number of allylic oxidation sites excluding steroid dienone is 17. The van der Waals surface area contributed by atoms with Crippen LogP contribution in [0.25, 0.3) is 0 Å². The summed E-state index contributed by atoms with van der Waals surface area (Å²) in [5.74, 6) is -1.28. The van der Waals surface area contributed by atoms with Gasteiger partial charge in [-0.2, -0.15) is 0 Å². The number of aliphatic hydroxyl groups is 2. The van der Waals surface area contributed by atoms with Gasteiger partial charge in [0.1, 0.15) is 12.7 Å². The Kier molecular flexibility index (Phi) is 38.4. The van der Waals surface area contributed by atoms with E-state index in [2.05, 4.69) is 108 Å². The molecule has 0 saturated heterocycles. The van der Waals surface area contributed by atoms with E-state index in [-0.39, 0.29) is 25.7 Å². The molecule has 0 aliphatic carbocycles. The van der Waals surface area contributed by atoms with Crippen molar-refractivity contribution in [1.29, 1.82) is 0 Å². The molecule has 0 aromatic heterocycles. The number of carbonyl (C=O) groups is 2. The van der Waals surface area contributed by atoms with Gasteiger partial charge in [0.15, 0.2) is 6.10 Å². The Bertz CT molecular complexity index is 1520. The number of carbonyl (C=O) groups excluding carboxylic acids is 2. The molecule has 14 nitrogen and oxygen atoms in total. The number of esters is 2. The van der Waals surface area contributed by atoms with E-state index in [4.69, 9.17) is 23.8 Å². The molecule has 0 heterocycles. The highest BCUT2D eigenvalue weighted by Crippen LogP contribution is 2.43. The molecular formula is C46H74O14P2. The summed E-state index contributed by atoms with van der Waals surface area (Å²) in [6, 6.07) is 0. The van der Waals surface area contributed by atoms with Gasteiger partial charge in [0.2, 0.25) is 0 Å². The Labute approximate surface area is 370 Å². The van der Waals surface area contributed by atoms with Crippen molar-refractivity contribution in [3.8, 4) is 0 Å². The molecule has 2 unspecified atom stereocenters. The van der Waals surface area contributed by atoms with E-state index in [1.165, 1.54) is 0 Å². The molecule has 0 aliphatic heterocycles. The minimum atomic E-state index is -4.89. The van der Waals surface area contributed by atoms with E-state index < -0.39 is 72.3 Å². The van der Waals surface area contributed by atoms with E-state index in [9.17, 15) is 33.8 Å². The van der Waals surface area contributed by atoms with E-state index in [0.717, 1.165) is 77.0 Å². The van der Waals surface area contributed by atoms with Crippen LogP contribution in [-0.2, 0) is 41.8 Å². The van der Waals surface area contributed by atoms with Gasteiger partial charge in [0.25, 0.3) is 0 Å². The number of aliphatic hydroxyl groups excluding tert-OH is 2. The van der Waals surface area contributed by atoms with Gasteiger partial charge in [-0.05, 0) is 83.5 Å². The maximum atomic E-state index is 12.7. The predicted molar refractivity (Wildman–Crippen MR) is 245 cm³/mol. The van der Waals surface area contributed by atoms with Crippen LogP contribution in [0.1, 0.15) is 123 Å². The van der Waals surface area contributed by atoms with Crippen molar-refractivity contribution in [1.82, 2.24) is 0 Å². The fourth-order valence-electron chi connectivity index (χ4n) is 5.01. The van der Waals surface area contributed by atoms with Crippen LogP contribution in [0.3, 0.4) is 0 Å². The largest absolute Gasteiger partial charge is 0.472 e. The third-order valence-electron chi connectivity index (χ3n) is 8.25. The monoisotopic (exact) mass is 912 g/mol. The molecule has 0 radical (unpaired) electrons. The Hall–Kier alpha value is -3.26. The van der Waals surface area contributed by atoms with Crippen LogP contribution in [-0.4, -0.2) is 81.6 Å².